The van der Waals surface area contributed by atoms with Crippen LogP contribution in [0.4, 0.5) is 5.69 Å². The molecular weight excluding hydrogens is 470 g/mol. The average Bonchev–Trinajstić information content (AvgIpc) is 3.43. The molecule has 1 unspecified atom stereocenters. The van der Waals surface area contributed by atoms with Gasteiger partial charge in [0.05, 0.1) is 0 Å². The van der Waals surface area contributed by atoms with Gasteiger partial charge in [-0.15, -0.1) is 21.5 Å². The fraction of sp³-hybridized carbons (Fsp3) is 0.458. The molecule has 5 rings (SSSR count). The topological polar surface area (TPSA) is 97.2 Å². The number of carbonyl (C=O) groups excluding carboxylic acids is 1. The quantitative estimate of drug-likeness (QED) is 0.568. The molecule has 10 heteroatoms. The molecule has 0 spiro atoms. The number of benzene rings is 1. The fourth-order valence-corrected chi connectivity index (χ4v) is 7.27. The second-order valence-electron chi connectivity index (χ2n) is 9.11. The summed E-state index contributed by atoms with van der Waals surface area (Å²) in [5, 5.41) is 10.6. The Kier molecular flexibility index (Phi) is 6.44. The number of nitrogens with zero attached hydrogens (tertiary/aromatic N) is 4. The van der Waals surface area contributed by atoms with Crippen molar-refractivity contribution in [3.63, 3.8) is 0 Å². The van der Waals surface area contributed by atoms with E-state index in [9.17, 15) is 13.2 Å². The van der Waals surface area contributed by atoms with Gasteiger partial charge in [0.15, 0.2) is 0 Å². The zero-order chi connectivity index (χ0) is 23.7. The van der Waals surface area contributed by atoms with Gasteiger partial charge in [0.25, 0.3) is 15.9 Å². The van der Waals surface area contributed by atoms with Crippen molar-refractivity contribution in [2.45, 2.75) is 62.8 Å². The van der Waals surface area contributed by atoms with E-state index in [0.717, 1.165) is 55.9 Å². The summed E-state index contributed by atoms with van der Waals surface area (Å²) in [5.74, 6) is 1.89. The van der Waals surface area contributed by atoms with Crippen molar-refractivity contribution < 1.29 is 13.2 Å². The summed E-state index contributed by atoms with van der Waals surface area (Å²) in [6.07, 6.45) is 6.22. The van der Waals surface area contributed by atoms with E-state index in [1.807, 2.05) is 19.1 Å². The number of thiophene rings is 1. The molecule has 2 aromatic heterocycles. The predicted molar refractivity (Wildman–Crippen MR) is 132 cm³/mol. The lowest BCUT2D eigenvalue weighted by Crippen LogP contribution is -2.40. The van der Waals surface area contributed by atoms with Crippen molar-refractivity contribution in [3.8, 4) is 0 Å². The number of anilines is 1. The van der Waals surface area contributed by atoms with Gasteiger partial charge in [0.1, 0.15) is 21.4 Å². The van der Waals surface area contributed by atoms with E-state index in [1.165, 1.54) is 23.8 Å². The molecule has 180 valence electrons. The Balaban J connectivity index is 1.35. The lowest BCUT2D eigenvalue weighted by atomic mass is 9.97. The zero-order valence-corrected chi connectivity index (χ0v) is 20.9. The minimum atomic E-state index is -3.88. The monoisotopic (exact) mass is 499 g/mol. The molecule has 1 N–H and O–H groups in total. The van der Waals surface area contributed by atoms with Gasteiger partial charge in [0.2, 0.25) is 0 Å². The normalized spacial score (nSPS) is 18.9. The van der Waals surface area contributed by atoms with Gasteiger partial charge in [-0.05, 0) is 56.2 Å². The largest absolute Gasteiger partial charge is 0.337 e. The Bertz CT molecular complexity index is 1280. The van der Waals surface area contributed by atoms with Gasteiger partial charge < -0.3 is 9.47 Å². The molecule has 1 aromatic carbocycles. The van der Waals surface area contributed by atoms with Gasteiger partial charge in [-0.1, -0.05) is 24.1 Å². The molecule has 2 aliphatic heterocycles. The molecular formula is C24H29N5O3S2. The number of amides is 1. The van der Waals surface area contributed by atoms with Crippen LogP contribution in [0.5, 0.6) is 0 Å². The Morgan fingerprint density at radius 1 is 1.06 bits per heavy atom. The number of piperidine rings is 1. The standard InChI is InChI=1S/C24H29N5O3S2/c1-17-8-10-19(11-9-17)27-34(31,32)20-12-15-33-22(20)24(30)28-13-5-6-18(16-28)23-26-25-21-7-3-2-4-14-29(21)23/h8-12,15,18,27H,2-7,13-14,16H2,1H3. The maximum absolute atomic E-state index is 13.5. The van der Waals surface area contributed by atoms with Gasteiger partial charge >= 0.3 is 0 Å². The second kappa shape index (κ2) is 9.50. The van der Waals surface area contributed by atoms with Crippen molar-refractivity contribution in [1.82, 2.24) is 19.7 Å². The summed E-state index contributed by atoms with van der Waals surface area (Å²) in [5.41, 5.74) is 1.51. The predicted octanol–water partition coefficient (Wildman–Crippen LogP) is 4.20. The zero-order valence-electron chi connectivity index (χ0n) is 19.2. The highest BCUT2D eigenvalue weighted by molar-refractivity contribution is 7.93. The van der Waals surface area contributed by atoms with Gasteiger partial charge in [0, 0.05) is 37.7 Å². The van der Waals surface area contributed by atoms with Gasteiger partial charge in [-0.3, -0.25) is 9.52 Å². The van der Waals surface area contributed by atoms with Crippen LogP contribution in [-0.2, 0) is 23.0 Å². The third-order valence-electron chi connectivity index (χ3n) is 6.63. The van der Waals surface area contributed by atoms with Crippen LogP contribution in [0.3, 0.4) is 0 Å². The molecule has 8 nitrogen and oxygen atoms in total. The summed E-state index contributed by atoms with van der Waals surface area (Å²) >= 11 is 1.17. The molecule has 1 atom stereocenters. The summed E-state index contributed by atoms with van der Waals surface area (Å²) in [7, 11) is -3.88. The van der Waals surface area contributed by atoms with E-state index in [0.29, 0.717) is 18.8 Å². The van der Waals surface area contributed by atoms with E-state index in [2.05, 4.69) is 19.5 Å². The molecule has 2 aliphatic rings. The van der Waals surface area contributed by atoms with E-state index in [-0.39, 0.29) is 21.6 Å². The van der Waals surface area contributed by atoms with Crippen molar-refractivity contribution in [3.05, 3.63) is 57.8 Å². The van der Waals surface area contributed by atoms with Crippen LogP contribution < -0.4 is 4.72 Å². The number of rotatable bonds is 5. The Morgan fingerprint density at radius 2 is 1.88 bits per heavy atom. The number of fused-ring (bicyclic) bond motifs is 1. The second-order valence-corrected chi connectivity index (χ2v) is 11.7. The molecule has 1 fully saturated rings. The highest BCUT2D eigenvalue weighted by Crippen LogP contribution is 2.31. The molecule has 1 amide bonds. The Morgan fingerprint density at radius 3 is 2.71 bits per heavy atom. The van der Waals surface area contributed by atoms with Crippen molar-refractivity contribution >= 4 is 33.0 Å². The highest BCUT2D eigenvalue weighted by Gasteiger charge is 2.33. The molecule has 34 heavy (non-hydrogen) atoms. The lowest BCUT2D eigenvalue weighted by molar-refractivity contribution is 0.0704. The number of sulfonamides is 1. The maximum atomic E-state index is 13.5. The SMILES string of the molecule is Cc1ccc(NS(=O)(=O)c2ccsc2C(=O)N2CCCC(c3nnc4n3CCCCC4)C2)cc1. The number of aryl methyl sites for hydroxylation is 2. The van der Waals surface area contributed by atoms with Crippen LogP contribution in [0.15, 0.2) is 40.6 Å². The number of nitrogens with one attached hydrogen (secondary N) is 1. The summed E-state index contributed by atoms with van der Waals surface area (Å²) in [6.45, 7) is 4.01. The molecule has 0 aliphatic carbocycles. The maximum Gasteiger partial charge on any atom is 0.265 e. The molecule has 4 heterocycles. The van der Waals surface area contributed by atoms with Crippen molar-refractivity contribution in [2.24, 2.45) is 0 Å². The number of likely N-dealkylation sites (tertiary alicyclic amines) is 1. The summed E-state index contributed by atoms with van der Waals surface area (Å²) in [6, 6.07) is 8.64. The molecule has 0 radical (unpaired) electrons. The first-order valence-corrected chi connectivity index (χ1v) is 14.2. The smallest absolute Gasteiger partial charge is 0.265 e. The average molecular weight is 500 g/mol. The van der Waals surface area contributed by atoms with E-state index in [1.54, 1.807) is 22.4 Å². The Labute approximate surface area is 204 Å². The number of aromatic nitrogens is 3. The molecule has 0 bridgehead atoms. The van der Waals surface area contributed by atoms with E-state index in [4.69, 9.17) is 0 Å². The van der Waals surface area contributed by atoms with E-state index >= 15 is 0 Å². The fourth-order valence-electron chi connectivity index (χ4n) is 4.82. The molecule has 3 aromatic rings. The van der Waals surface area contributed by atoms with Crippen LogP contribution in [0.1, 0.15) is 64.9 Å². The minimum Gasteiger partial charge on any atom is -0.337 e. The Hall–Kier alpha value is -2.72. The van der Waals surface area contributed by atoms with Crippen LogP contribution in [0.2, 0.25) is 0 Å². The van der Waals surface area contributed by atoms with Crippen LogP contribution in [-0.4, -0.2) is 47.1 Å². The third-order valence-corrected chi connectivity index (χ3v) is 9.08. The first-order valence-electron chi connectivity index (χ1n) is 11.8. The third kappa shape index (κ3) is 4.61. The van der Waals surface area contributed by atoms with Crippen molar-refractivity contribution in [2.75, 3.05) is 17.8 Å². The summed E-state index contributed by atoms with van der Waals surface area (Å²) < 4.78 is 31.1. The number of hydrogen-bond acceptors (Lipinski definition) is 6. The first kappa shape index (κ1) is 23.0. The minimum absolute atomic E-state index is 0.0292. The first-order chi connectivity index (χ1) is 16.4. The van der Waals surface area contributed by atoms with Crippen LogP contribution >= 0.6 is 11.3 Å². The van der Waals surface area contributed by atoms with Crippen molar-refractivity contribution in [1.29, 1.82) is 0 Å². The van der Waals surface area contributed by atoms with Crippen LogP contribution in [0, 0.1) is 6.92 Å². The van der Waals surface area contributed by atoms with Crippen LogP contribution in [0.25, 0.3) is 0 Å². The number of hydrogen-bond donors (Lipinski definition) is 1. The summed E-state index contributed by atoms with van der Waals surface area (Å²) in [4.78, 5) is 15.5. The molecule has 0 saturated carbocycles. The van der Waals surface area contributed by atoms with E-state index < -0.39 is 10.0 Å². The van der Waals surface area contributed by atoms with Gasteiger partial charge in [-0.2, -0.15) is 0 Å². The molecule has 1 saturated heterocycles. The highest BCUT2D eigenvalue weighted by atomic mass is 32.2. The van der Waals surface area contributed by atoms with Gasteiger partial charge in [-0.25, -0.2) is 8.42 Å². The lowest BCUT2D eigenvalue weighted by Gasteiger charge is -2.32. The number of carbonyl (C=O) groups is 1.